The molecule has 0 amide bonds. The van der Waals surface area contributed by atoms with Gasteiger partial charge < -0.3 is 4.74 Å². The first-order chi connectivity index (χ1) is 9.38. The lowest BCUT2D eigenvalue weighted by Crippen LogP contribution is -1.95. The molecule has 0 unspecified atom stereocenters. The van der Waals surface area contributed by atoms with Gasteiger partial charge in [-0.05, 0) is 53.9 Å². The molecule has 0 aliphatic rings. The summed E-state index contributed by atoms with van der Waals surface area (Å²) in [6.45, 7) is 0. The van der Waals surface area contributed by atoms with Gasteiger partial charge in [0.25, 0.3) is 11.6 Å². The zero-order valence-electron chi connectivity index (χ0n) is 9.44. The number of ether oxygens (including phenoxy) is 1. The SMILES string of the molecule is O=[N+]([O-])c1cc(Br)c(Oc2ncc(Br)cc2F)c(Br)c1. The van der Waals surface area contributed by atoms with Gasteiger partial charge in [-0.2, -0.15) is 0 Å². The van der Waals surface area contributed by atoms with Gasteiger partial charge in [0.2, 0.25) is 0 Å². The van der Waals surface area contributed by atoms with E-state index < -0.39 is 10.7 Å². The van der Waals surface area contributed by atoms with Crippen molar-refractivity contribution in [1.82, 2.24) is 4.98 Å². The lowest BCUT2D eigenvalue weighted by atomic mass is 10.3. The van der Waals surface area contributed by atoms with E-state index in [0.717, 1.165) is 0 Å². The third-order valence-corrected chi connectivity index (χ3v) is 3.78. The van der Waals surface area contributed by atoms with Crippen LogP contribution in [0, 0.1) is 15.9 Å². The van der Waals surface area contributed by atoms with E-state index in [4.69, 9.17) is 4.74 Å². The second kappa shape index (κ2) is 6.15. The van der Waals surface area contributed by atoms with E-state index in [0.29, 0.717) is 13.4 Å². The summed E-state index contributed by atoms with van der Waals surface area (Å²) in [4.78, 5) is 14.0. The molecule has 0 fully saturated rings. The highest BCUT2D eigenvalue weighted by Crippen LogP contribution is 2.39. The molecule has 0 radical (unpaired) electrons. The van der Waals surface area contributed by atoms with E-state index in [1.165, 1.54) is 24.4 Å². The first-order valence-electron chi connectivity index (χ1n) is 5.01. The molecule has 5 nitrogen and oxygen atoms in total. The highest BCUT2D eigenvalue weighted by molar-refractivity contribution is 9.11. The first kappa shape index (κ1) is 15.3. The lowest BCUT2D eigenvalue weighted by molar-refractivity contribution is -0.385. The number of benzene rings is 1. The summed E-state index contributed by atoms with van der Waals surface area (Å²) in [5.74, 6) is -0.690. The molecule has 20 heavy (non-hydrogen) atoms. The zero-order valence-corrected chi connectivity index (χ0v) is 14.2. The third-order valence-electron chi connectivity index (χ3n) is 2.17. The van der Waals surface area contributed by atoms with Gasteiger partial charge in [-0.15, -0.1) is 0 Å². The fraction of sp³-hybridized carbons (Fsp3) is 0. The average Bonchev–Trinajstić information content (AvgIpc) is 2.35. The predicted octanol–water partition coefficient (Wildman–Crippen LogP) is 5.21. The number of pyridine rings is 1. The number of non-ortho nitro benzene ring substituents is 1. The van der Waals surface area contributed by atoms with Gasteiger partial charge in [-0.1, -0.05) is 0 Å². The minimum Gasteiger partial charge on any atom is -0.434 e. The van der Waals surface area contributed by atoms with Gasteiger partial charge in [0.1, 0.15) is 0 Å². The highest BCUT2D eigenvalue weighted by Gasteiger charge is 2.17. The first-order valence-corrected chi connectivity index (χ1v) is 7.38. The van der Waals surface area contributed by atoms with Gasteiger partial charge in [0, 0.05) is 22.8 Å². The molecule has 1 aromatic carbocycles. The molecule has 1 aromatic heterocycles. The van der Waals surface area contributed by atoms with Crippen molar-refractivity contribution < 1.29 is 14.1 Å². The molecule has 0 aliphatic carbocycles. The maximum absolute atomic E-state index is 13.7. The molecular formula is C11H4Br3FN2O3. The van der Waals surface area contributed by atoms with Crippen molar-refractivity contribution in [1.29, 1.82) is 0 Å². The van der Waals surface area contributed by atoms with E-state index in [1.807, 2.05) is 0 Å². The van der Waals surface area contributed by atoms with Crippen LogP contribution in [0.4, 0.5) is 10.1 Å². The Morgan fingerprint density at radius 3 is 2.30 bits per heavy atom. The van der Waals surface area contributed by atoms with Gasteiger partial charge in [-0.25, -0.2) is 9.37 Å². The number of aromatic nitrogens is 1. The fourth-order valence-electron chi connectivity index (χ4n) is 1.32. The molecular weight excluding hydrogens is 467 g/mol. The number of hydrogen-bond donors (Lipinski definition) is 0. The minimum absolute atomic E-state index is 0.125. The van der Waals surface area contributed by atoms with Gasteiger partial charge >= 0.3 is 0 Å². The molecule has 9 heteroatoms. The normalized spacial score (nSPS) is 10.4. The molecule has 0 spiro atoms. The summed E-state index contributed by atoms with van der Waals surface area (Å²) >= 11 is 9.37. The molecule has 104 valence electrons. The van der Waals surface area contributed by atoms with E-state index in [9.17, 15) is 14.5 Å². The van der Waals surface area contributed by atoms with Crippen molar-refractivity contribution in [3.63, 3.8) is 0 Å². The standard InChI is InChI=1S/C11H4Br3FN2O3/c12-5-1-9(15)11(16-4-5)20-10-7(13)2-6(17(18)19)3-8(10)14/h1-4H. The van der Waals surface area contributed by atoms with Crippen molar-refractivity contribution in [3.8, 4) is 11.6 Å². The van der Waals surface area contributed by atoms with Gasteiger partial charge in [0.05, 0.1) is 13.9 Å². The van der Waals surface area contributed by atoms with Crippen molar-refractivity contribution in [3.05, 3.63) is 53.7 Å². The fourth-order valence-corrected chi connectivity index (χ4v) is 2.95. The van der Waals surface area contributed by atoms with Crippen LogP contribution >= 0.6 is 47.8 Å². The van der Waals surface area contributed by atoms with Crippen LogP contribution in [-0.4, -0.2) is 9.91 Å². The summed E-state index contributed by atoms with van der Waals surface area (Å²) in [5, 5.41) is 10.7. The van der Waals surface area contributed by atoms with Crippen molar-refractivity contribution in [2.75, 3.05) is 0 Å². The van der Waals surface area contributed by atoms with Crippen LogP contribution in [0.2, 0.25) is 0 Å². The highest BCUT2D eigenvalue weighted by atomic mass is 79.9. The van der Waals surface area contributed by atoms with Crippen molar-refractivity contribution in [2.45, 2.75) is 0 Å². The molecule has 0 atom stereocenters. The molecule has 0 N–H and O–H groups in total. The Balaban J connectivity index is 2.41. The molecule has 0 saturated heterocycles. The summed E-state index contributed by atoms with van der Waals surface area (Å²) in [6, 6.07) is 3.73. The second-order valence-electron chi connectivity index (χ2n) is 3.54. The number of halogens is 4. The Morgan fingerprint density at radius 1 is 1.20 bits per heavy atom. The van der Waals surface area contributed by atoms with Gasteiger partial charge in [0.15, 0.2) is 11.6 Å². The zero-order chi connectivity index (χ0) is 14.9. The minimum atomic E-state index is -0.656. The van der Waals surface area contributed by atoms with Crippen LogP contribution in [0.5, 0.6) is 11.6 Å². The Labute approximate surface area is 137 Å². The number of hydrogen-bond acceptors (Lipinski definition) is 4. The number of nitro benzene ring substituents is 1. The van der Waals surface area contributed by atoms with Crippen LogP contribution in [0.25, 0.3) is 0 Å². The second-order valence-corrected chi connectivity index (χ2v) is 6.16. The summed E-state index contributed by atoms with van der Waals surface area (Å²) in [5.41, 5.74) is -0.125. The summed E-state index contributed by atoms with van der Waals surface area (Å²) in [7, 11) is 0. The van der Waals surface area contributed by atoms with Crippen LogP contribution in [-0.2, 0) is 0 Å². The van der Waals surface area contributed by atoms with E-state index in [1.54, 1.807) is 0 Å². The molecule has 0 aliphatic heterocycles. The molecule has 0 saturated carbocycles. The molecule has 2 rings (SSSR count). The molecule has 1 heterocycles. The Kier molecular flexibility index (Phi) is 4.71. The Hall–Kier alpha value is -1.06. The van der Waals surface area contributed by atoms with E-state index in [2.05, 4.69) is 52.8 Å². The maximum Gasteiger partial charge on any atom is 0.271 e. The summed E-state index contributed by atoms with van der Waals surface area (Å²) < 4.78 is 20.1. The van der Waals surface area contributed by atoms with Crippen LogP contribution in [0.1, 0.15) is 0 Å². The van der Waals surface area contributed by atoms with Crippen molar-refractivity contribution >= 4 is 53.5 Å². The van der Waals surface area contributed by atoms with Crippen LogP contribution in [0.15, 0.2) is 37.8 Å². The average molecular weight is 471 g/mol. The van der Waals surface area contributed by atoms with Crippen LogP contribution < -0.4 is 4.74 Å². The molecule has 0 bridgehead atoms. The quantitative estimate of drug-likeness (QED) is 0.456. The molecule has 2 aromatic rings. The topological polar surface area (TPSA) is 65.3 Å². The number of rotatable bonds is 3. The van der Waals surface area contributed by atoms with E-state index >= 15 is 0 Å². The Morgan fingerprint density at radius 2 is 1.80 bits per heavy atom. The largest absolute Gasteiger partial charge is 0.434 e. The number of nitro groups is 1. The van der Waals surface area contributed by atoms with Crippen LogP contribution in [0.3, 0.4) is 0 Å². The lowest BCUT2D eigenvalue weighted by Gasteiger charge is -2.09. The van der Waals surface area contributed by atoms with Crippen molar-refractivity contribution in [2.24, 2.45) is 0 Å². The smallest absolute Gasteiger partial charge is 0.271 e. The maximum atomic E-state index is 13.7. The van der Waals surface area contributed by atoms with Gasteiger partial charge in [-0.3, -0.25) is 10.1 Å². The third kappa shape index (κ3) is 3.33. The predicted molar refractivity (Wildman–Crippen MR) is 80.5 cm³/mol. The monoisotopic (exact) mass is 468 g/mol. The van der Waals surface area contributed by atoms with E-state index in [-0.39, 0.29) is 17.3 Å². The Bertz CT molecular complexity index is 674. The number of nitrogens with zero attached hydrogens (tertiary/aromatic N) is 2. The summed E-state index contributed by atoms with van der Waals surface area (Å²) in [6.07, 6.45) is 1.38.